The summed E-state index contributed by atoms with van der Waals surface area (Å²) in [5.74, 6) is -0.910. The molecule has 0 atom stereocenters. The number of likely N-dealkylation sites (N-methyl/N-ethyl adjacent to an activating group) is 2. The molecule has 1 aromatic rings. The van der Waals surface area contributed by atoms with E-state index in [1.165, 1.54) is 19.2 Å². The molecule has 1 rings (SSSR count). The molecule has 0 saturated heterocycles. The Kier molecular flexibility index (Phi) is 6.08. The summed E-state index contributed by atoms with van der Waals surface area (Å²) in [4.78, 5) is 1.40. The Hall–Kier alpha value is -0.540. The number of hydrogen-bond acceptors (Lipinski definition) is 4. The number of aliphatic hydroxyl groups is 1. The lowest BCUT2D eigenvalue weighted by Gasteiger charge is -2.20. The minimum atomic E-state index is -3.93. The van der Waals surface area contributed by atoms with Gasteiger partial charge >= 0.3 is 0 Å². The summed E-state index contributed by atoms with van der Waals surface area (Å²) >= 11 is 3.12. The van der Waals surface area contributed by atoms with Crippen LogP contribution in [0.5, 0.6) is 0 Å². The molecule has 0 aliphatic carbocycles. The molecule has 0 radical (unpaired) electrons. The first-order valence-corrected chi connectivity index (χ1v) is 8.13. The fourth-order valence-corrected chi connectivity index (χ4v) is 3.50. The van der Waals surface area contributed by atoms with Gasteiger partial charge < -0.3 is 10.0 Å². The smallest absolute Gasteiger partial charge is 0.245 e. The second-order valence-corrected chi connectivity index (χ2v) is 7.59. The summed E-state index contributed by atoms with van der Waals surface area (Å²) in [7, 11) is 1.12. The van der Waals surface area contributed by atoms with E-state index in [9.17, 15) is 12.8 Å². The first kappa shape index (κ1) is 17.5. The van der Waals surface area contributed by atoms with E-state index in [0.717, 1.165) is 4.31 Å². The number of halogens is 2. The van der Waals surface area contributed by atoms with Crippen molar-refractivity contribution in [1.82, 2.24) is 9.21 Å². The highest BCUT2D eigenvalue weighted by Crippen LogP contribution is 2.26. The van der Waals surface area contributed by atoms with Gasteiger partial charge in [-0.25, -0.2) is 12.8 Å². The van der Waals surface area contributed by atoms with Crippen molar-refractivity contribution >= 4 is 26.0 Å². The van der Waals surface area contributed by atoms with Crippen LogP contribution >= 0.6 is 15.9 Å². The highest BCUT2D eigenvalue weighted by Gasteiger charge is 2.26. The van der Waals surface area contributed by atoms with Crippen LogP contribution in [-0.4, -0.2) is 57.0 Å². The maximum atomic E-state index is 14.1. The topological polar surface area (TPSA) is 60.9 Å². The van der Waals surface area contributed by atoms with Crippen LogP contribution < -0.4 is 0 Å². The largest absolute Gasteiger partial charge is 0.392 e. The molecule has 0 unspecified atom stereocenters. The molecule has 114 valence electrons. The molecule has 1 aromatic carbocycles. The second-order valence-electron chi connectivity index (χ2n) is 4.66. The summed E-state index contributed by atoms with van der Waals surface area (Å²) in [6.07, 6.45) is 0. The van der Waals surface area contributed by atoms with Gasteiger partial charge in [0.15, 0.2) is 0 Å². The van der Waals surface area contributed by atoms with Crippen LogP contribution in [0.2, 0.25) is 0 Å². The van der Waals surface area contributed by atoms with Gasteiger partial charge in [-0.15, -0.1) is 0 Å². The van der Waals surface area contributed by atoms with Crippen molar-refractivity contribution in [2.75, 3.05) is 34.2 Å². The fourth-order valence-electron chi connectivity index (χ4n) is 1.55. The lowest BCUT2D eigenvalue weighted by Crippen LogP contribution is -2.34. The molecule has 0 aromatic heterocycles. The lowest BCUT2D eigenvalue weighted by molar-refractivity contribution is 0.274. The third-order valence-corrected chi connectivity index (χ3v) is 5.11. The zero-order valence-corrected chi connectivity index (χ0v) is 14.0. The van der Waals surface area contributed by atoms with E-state index in [4.69, 9.17) is 5.11 Å². The minimum Gasteiger partial charge on any atom is -0.392 e. The van der Waals surface area contributed by atoms with Gasteiger partial charge in [0.2, 0.25) is 10.0 Å². The molecule has 0 amide bonds. The molecular formula is C12H18BrFN2O3S. The quantitative estimate of drug-likeness (QED) is 0.820. The average molecular weight is 369 g/mol. The zero-order valence-electron chi connectivity index (χ0n) is 11.6. The monoisotopic (exact) mass is 368 g/mol. The normalized spacial score (nSPS) is 12.4. The highest BCUT2D eigenvalue weighted by molar-refractivity contribution is 9.10. The molecule has 0 saturated carbocycles. The van der Waals surface area contributed by atoms with Gasteiger partial charge in [-0.2, -0.15) is 4.31 Å². The van der Waals surface area contributed by atoms with E-state index >= 15 is 0 Å². The van der Waals surface area contributed by atoms with Gasteiger partial charge in [-0.3, -0.25) is 0 Å². The average Bonchev–Trinajstić information content (AvgIpc) is 2.37. The van der Waals surface area contributed by atoms with Gasteiger partial charge in [0.1, 0.15) is 10.7 Å². The van der Waals surface area contributed by atoms with Crippen LogP contribution in [0.3, 0.4) is 0 Å². The molecule has 0 aliphatic rings. The maximum absolute atomic E-state index is 14.1. The Morgan fingerprint density at radius 3 is 2.35 bits per heavy atom. The van der Waals surface area contributed by atoms with Gasteiger partial charge in [0.05, 0.1) is 6.61 Å². The van der Waals surface area contributed by atoms with Crippen LogP contribution in [0, 0.1) is 5.82 Å². The second kappa shape index (κ2) is 6.95. The van der Waals surface area contributed by atoms with Crippen molar-refractivity contribution in [3.63, 3.8) is 0 Å². The van der Waals surface area contributed by atoms with Crippen molar-refractivity contribution < 1.29 is 17.9 Å². The van der Waals surface area contributed by atoms with Crippen molar-refractivity contribution in [2.24, 2.45) is 0 Å². The Morgan fingerprint density at radius 2 is 1.85 bits per heavy atom. The van der Waals surface area contributed by atoms with Gasteiger partial charge in [0, 0.05) is 30.2 Å². The Labute approximate surface area is 127 Å². The molecular weight excluding hydrogens is 351 g/mol. The van der Waals surface area contributed by atoms with Crippen molar-refractivity contribution in [2.45, 2.75) is 11.5 Å². The first-order chi connectivity index (χ1) is 9.20. The van der Waals surface area contributed by atoms with E-state index in [1.54, 1.807) is 0 Å². The standard InChI is InChI=1S/C12H18BrFN2O3S/c1-15(2)4-5-16(3)20(18,19)11-7-10(13)6-9(8-17)12(11)14/h6-7,17H,4-5,8H2,1-3H3. The molecule has 1 N–H and O–H groups in total. The van der Waals surface area contributed by atoms with E-state index in [0.29, 0.717) is 11.0 Å². The molecule has 0 aliphatic heterocycles. The fraction of sp³-hybridized carbons (Fsp3) is 0.500. The molecule has 5 nitrogen and oxygen atoms in total. The van der Waals surface area contributed by atoms with Crippen LogP contribution in [-0.2, 0) is 16.6 Å². The third kappa shape index (κ3) is 3.98. The number of aliphatic hydroxyl groups excluding tert-OH is 1. The summed E-state index contributed by atoms with van der Waals surface area (Å²) in [5, 5.41) is 9.07. The molecule has 20 heavy (non-hydrogen) atoms. The molecule has 0 fully saturated rings. The number of nitrogens with zero attached hydrogens (tertiary/aromatic N) is 2. The Balaban J connectivity index is 3.18. The predicted molar refractivity (Wildman–Crippen MR) is 78.4 cm³/mol. The lowest BCUT2D eigenvalue weighted by atomic mass is 10.2. The van der Waals surface area contributed by atoms with E-state index < -0.39 is 27.3 Å². The number of benzene rings is 1. The summed E-state index contributed by atoms with van der Waals surface area (Å²) in [6, 6.07) is 2.56. The van der Waals surface area contributed by atoms with Crippen molar-refractivity contribution in [3.8, 4) is 0 Å². The molecule has 8 heteroatoms. The Bertz CT molecular complexity index is 578. The minimum absolute atomic E-state index is 0.0565. The molecule has 0 spiro atoms. The Morgan fingerprint density at radius 1 is 1.25 bits per heavy atom. The number of hydrogen-bond donors (Lipinski definition) is 1. The van der Waals surface area contributed by atoms with Crippen molar-refractivity contribution in [3.05, 3.63) is 28.0 Å². The van der Waals surface area contributed by atoms with Crippen LogP contribution in [0.15, 0.2) is 21.5 Å². The first-order valence-electron chi connectivity index (χ1n) is 5.90. The number of rotatable bonds is 6. The predicted octanol–water partition coefficient (Wildman–Crippen LogP) is 1.26. The summed E-state index contributed by atoms with van der Waals surface area (Å²) in [5.41, 5.74) is -0.0565. The highest BCUT2D eigenvalue weighted by atomic mass is 79.9. The van der Waals surface area contributed by atoms with Gasteiger partial charge in [-0.1, -0.05) is 15.9 Å². The zero-order chi connectivity index (χ0) is 15.5. The van der Waals surface area contributed by atoms with Crippen LogP contribution in [0.4, 0.5) is 4.39 Å². The third-order valence-electron chi connectivity index (χ3n) is 2.80. The van der Waals surface area contributed by atoms with Crippen molar-refractivity contribution in [1.29, 1.82) is 0 Å². The SMILES string of the molecule is CN(C)CCN(C)S(=O)(=O)c1cc(Br)cc(CO)c1F. The van der Waals surface area contributed by atoms with Crippen LogP contribution in [0.1, 0.15) is 5.56 Å². The summed E-state index contributed by atoms with van der Waals surface area (Å²) < 4.78 is 40.3. The molecule has 0 heterocycles. The van der Waals surface area contributed by atoms with Crippen LogP contribution in [0.25, 0.3) is 0 Å². The number of sulfonamides is 1. The maximum Gasteiger partial charge on any atom is 0.245 e. The van der Waals surface area contributed by atoms with E-state index in [1.807, 2.05) is 19.0 Å². The summed E-state index contributed by atoms with van der Waals surface area (Å²) in [6.45, 7) is 0.211. The van der Waals surface area contributed by atoms with E-state index in [2.05, 4.69) is 15.9 Å². The van der Waals surface area contributed by atoms with Gasteiger partial charge in [0.25, 0.3) is 0 Å². The van der Waals surface area contributed by atoms with E-state index in [-0.39, 0.29) is 12.1 Å². The molecule has 0 bridgehead atoms. The van der Waals surface area contributed by atoms with Gasteiger partial charge in [-0.05, 0) is 26.2 Å².